The number of carbonyl (C=O) groups is 1. The smallest absolute Gasteiger partial charge is 0.251 e. The Hall–Kier alpha value is -4.05. The summed E-state index contributed by atoms with van der Waals surface area (Å²) in [6.45, 7) is 2.68. The number of hydrogen-bond donors (Lipinski definition) is 2. The van der Waals surface area contributed by atoms with Gasteiger partial charge in [0.15, 0.2) is 11.6 Å². The van der Waals surface area contributed by atoms with E-state index in [1.165, 1.54) is 19.2 Å². The summed E-state index contributed by atoms with van der Waals surface area (Å²) in [5.74, 6) is -0.111. The van der Waals surface area contributed by atoms with E-state index in [-0.39, 0.29) is 24.2 Å². The van der Waals surface area contributed by atoms with Crippen molar-refractivity contribution in [2.75, 3.05) is 26.1 Å². The Morgan fingerprint density at radius 3 is 2.66 bits per heavy atom. The zero-order valence-corrected chi connectivity index (χ0v) is 20.2. The van der Waals surface area contributed by atoms with Crippen LogP contribution in [0.2, 0.25) is 0 Å². The Kier molecular flexibility index (Phi) is 9.08. The molecule has 10 heteroatoms. The molecule has 0 aliphatic rings. The van der Waals surface area contributed by atoms with E-state index in [1.54, 1.807) is 48.5 Å². The molecule has 0 fully saturated rings. The van der Waals surface area contributed by atoms with Crippen LogP contribution >= 0.6 is 0 Å². The fraction of sp³-hybridized carbons (Fsp3) is 0.280. The molecule has 0 aliphatic carbocycles. The Labute approximate surface area is 203 Å². The van der Waals surface area contributed by atoms with E-state index < -0.39 is 5.82 Å². The summed E-state index contributed by atoms with van der Waals surface area (Å²) in [7, 11) is 4.92. The van der Waals surface area contributed by atoms with Gasteiger partial charge in [0.2, 0.25) is 5.95 Å². The molecule has 0 radical (unpaired) electrons. The lowest BCUT2D eigenvalue weighted by atomic mass is 10.1. The van der Waals surface area contributed by atoms with Crippen molar-refractivity contribution in [1.29, 1.82) is 0 Å². The highest BCUT2D eigenvalue weighted by Crippen LogP contribution is 2.18. The molecule has 2 heterocycles. The van der Waals surface area contributed by atoms with E-state index >= 15 is 0 Å². The molecule has 2 aromatic carbocycles. The molecule has 2 aromatic heterocycles. The summed E-state index contributed by atoms with van der Waals surface area (Å²) in [6.07, 6.45) is 5.34. The number of rotatable bonds is 8. The second kappa shape index (κ2) is 12.4. The van der Waals surface area contributed by atoms with Crippen LogP contribution in [0.25, 0.3) is 10.9 Å². The first-order valence-corrected chi connectivity index (χ1v) is 11.0. The van der Waals surface area contributed by atoms with E-state index in [0.29, 0.717) is 29.2 Å². The second-order valence-corrected chi connectivity index (χ2v) is 7.80. The van der Waals surface area contributed by atoms with Crippen molar-refractivity contribution in [3.63, 3.8) is 0 Å². The van der Waals surface area contributed by atoms with Crippen LogP contribution in [0.15, 0.2) is 61.1 Å². The average molecular weight is 481 g/mol. The number of halogens is 1. The van der Waals surface area contributed by atoms with Crippen molar-refractivity contribution in [1.82, 2.24) is 25.1 Å². The van der Waals surface area contributed by atoms with Crippen LogP contribution in [-0.2, 0) is 18.3 Å². The van der Waals surface area contributed by atoms with Crippen molar-refractivity contribution in [2.24, 2.45) is 7.05 Å². The number of aryl methyl sites for hydroxylation is 1. The highest BCUT2D eigenvalue weighted by atomic mass is 19.1. The molecule has 1 unspecified atom stereocenters. The van der Waals surface area contributed by atoms with E-state index in [1.807, 2.05) is 26.2 Å². The number of anilines is 1. The minimum absolute atomic E-state index is 0.0498. The molecule has 4 aromatic rings. The van der Waals surface area contributed by atoms with Crippen molar-refractivity contribution in [2.45, 2.75) is 19.5 Å². The van der Waals surface area contributed by atoms with Crippen molar-refractivity contribution < 1.29 is 18.7 Å². The standard InChI is InChI=1S/C21H23FN4O3.C4H6N2/c1-13(12-28-2)25-21-24-11-16-6-5-15(9-18(16)26-21)20(27)23-10-14-4-7-19(29-3)17(22)8-14;1-6-4-2-3-5-6/h4-9,11,13H,10,12H2,1-3H3,(H,23,27)(H,24,25,26);2-4H,1H3. The molecule has 4 rings (SSSR count). The molecule has 0 spiro atoms. The molecule has 184 valence electrons. The molecule has 1 amide bonds. The van der Waals surface area contributed by atoms with Crippen LogP contribution in [0.4, 0.5) is 10.3 Å². The lowest BCUT2D eigenvalue weighted by molar-refractivity contribution is 0.0951. The number of methoxy groups -OCH3 is 2. The summed E-state index contributed by atoms with van der Waals surface area (Å²) in [5, 5.41) is 10.6. The molecule has 0 saturated carbocycles. The maximum Gasteiger partial charge on any atom is 0.251 e. The fourth-order valence-corrected chi connectivity index (χ4v) is 3.20. The van der Waals surface area contributed by atoms with Crippen LogP contribution in [0.3, 0.4) is 0 Å². The minimum atomic E-state index is -0.468. The molecular formula is C25H29FN6O3. The topological polar surface area (TPSA) is 103 Å². The Morgan fingerprint density at radius 2 is 2.03 bits per heavy atom. The average Bonchev–Trinajstić information content (AvgIpc) is 3.33. The molecule has 0 aliphatic heterocycles. The summed E-state index contributed by atoms with van der Waals surface area (Å²) < 4.78 is 25.5. The maximum absolute atomic E-state index is 13.8. The number of amides is 1. The van der Waals surface area contributed by atoms with E-state index in [0.717, 1.165) is 5.39 Å². The maximum atomic E-state index is 13.8. The third kappa shape index (κ3) is 7.47. The molecule has 0 saturated heterocycles. The second-order valence-electron chi connectivity index (χ2n) is 7.80. The van der Waals surface area contributed by atoms with Gasteiger partial charge >= 0.3 is 0 Å². The van der Waals surface area contributed by atoms with Gasteiger partial charge in [-0.25, -0.2) is 14.4 Å². The van der Waals surface area contributed by atoms with Gasteiger partial charge in [-0.2, -0.15) is 5.10 Å². The molecule has 0 bridgehead atoms. The number of ether oxygens (including phenoxy) is 2. The zero-order chi connectivity index (χ0) is 25.2. The highest BCUT2D eigenvalue weighted by molar-refractivity contribution is 5.97. The zero-order valence-electron chi connectivity index (χ0n) is 20.2. The van der Waals surface area contributed by atoms with Crippen molar-refractivity contribution >= 4 is 22.8 Å². The van der Waals surface area contributed by atoms with Crippen LogP contribution in [-0.4, -0.2) is 52.5 Å². The van der Waals surface area contributed by atoms with Gasteiger partial charge in [-0.1, -0.05) is 12.1 Å². The number of aromatic nitrogens is 4. The molecule has 2 N–H and O–H groups in total. The number of nitrogens with zero attached hydrogens (tertiary/aromatic N) is 4. The third-order valence-electron chi connectivity index (χ3n) is 4.94. The van der Waals surface area contributed by atoms with Crippen LogP contribution in [0.1, 0.15) is 22.8 Å². The summed E-state index contributed by atoms with van der Waals surface area (Å²) in [4.78, 5) is 21.3. The monoisotopic (exact) mass is 480 g/mol. The van der Waals surface area contributed by atoms with Gasteiger partial charge in [-0.3, -0.25) is 9.48 Å². The Bertz CT molecular complexity index is 1250. The van der Waals surface area contributed by atoms with Crippen LogP contribution in [0.5, 0.6) is 5.75 Å². The normalized spacial score (nSPS) is 11.3. The van der Waals surface area contributed by atoms with Crippen LogP contribution in [0, 0.1) is 5.82 Å². The molecule has 35 heavy (non-hydrogen) atoms. The molecule has 1 atom stereocenters. The van der Waals surface area contributed by atoms with Gasteiger partial charge < -0.3 is 20.1 Å². The number of hydrogen-bond acceptors (Lipinski definition) is 7. The quantitative estimate of drug-likeness (QED) is 0.397. The molecular weight excluding hydrogens is 451 g/mol. The first-order valence-electron chi connectivity index (χ1n) is 11.0. The van der Waals surface area contributed by atoms with Crippen molar-refractivity contribution in [3.05, 3.63) is 78.0 Å². The van der Waals surface area contributed by atoms with Crippen molar-refractivity contribution in [3.8, 4) is 5.75 Å². The van der Waals surface area contributed by atoms with Gasteiger partial charge in [0.25, 0.3) is 5.91 Å². The van der Waals surface area contributed by atoms with E-state index in [4.69, 9.17) is 9.47 Å². The first kappa shape index (κ1) is 25.6. The van der Waals surface area contributed by atoms with Gasteiger partial charge in [0.05, 0.1) is 19.2 Å². The Balaban J connectivity index is 0.000000497. The first-order chi connectivity index (χ1) is 16.9. The lowest BCUT2D eigenvalue weighted by Gasteiger charge is -2.13. The highest BCUT2D eigenvalue weighted by Gasteiger charge is 2.10. The number of fused-ring (bicyclic) bond motifs is 1. The predicted molar refractivity (Wildman–Crippen MR) is 132 cm³/mol. The lowest BCUT2D eigenvalue weighted by Crippen LogP contribution is -2.23. The Morgan fingerprint density at radius 1 is 1.20 bits per heavy atom. The summed E-state index contributed by atoms with van der Waals surface area (Å²) in [6, 6.07) is 11.7. The summed E-state index contributed by atoms with van der Waals surface area (Å²) >= 11 is 0. The number of carbonyl (C=O) groups excluding carboxylic acids is 1. The largest absolute Gasteiger partial charge is 0.494 e. The number of nitrogens with one attached hydrogen (secondary N) is 2. The van der Waals surface area contributed by atoms with Crippen LogP contribution < -0.4 is 15.4 Å². The fourth-order valence-electron chi connectivity index (χ4n) is 3.20. The molecule has 9 nitrogen and oxygen atoms in total. The van der Waals surface area contributed by atoms with E-state index in [2.05, 4.69) is 25.7 Å². The van der Waals surface area contributed by atoms with Gasteiger partial charge in [-0.15, -0.1) is 0 Å². The number of benzene rings is 2. The summed E-state index contributed by atoms with van der Waals surface area (Å²) in [5.41, 5.74) is 1.75. The predicted octanol–water partition coefficient (Wildman–Crippen LogP) is 3.57. The third-order valence-corrected chi connectivity index (χ3v) is 4.94. The SMILES string of the molecule is COCC(C)Nc1ncc2ccc(C(=O)NCc3ccc(OC)c(F)c3)cc2n1.Cn1cccn1. The van der Waals surface area contributed by atoms with Gasteiger partial charge in [0.1, 0.15) is 0 Å². The van der Waals surface area contributed by atoms with E-state index in [9.17, 15) is 9.18 Å². The van der Waals surface area contributed by atoms with Gasteiger partial charge in [-0.05, 0) is 42.8 Å². The minimum Gasteiger partial charge on any atom is -0.494 e. The van der Waals surface area contributed by atoms with Gasteiger partial charge in [0, 0.05) is 56.3 Å².